The van der Waals surface area contributed by atoms with Gasteiger partial charge in [0.25, 0.3) is 0 Å². The second-order valence-electron chi connectivity index (χ2n) is 6.24. The first-order chi connectivity index (χ1) is 13.8. The molecule has 2 N–H and O–H groups in total. The summed E-state index contributed by atoms with van der Waals surface area (Å²) < 4.78 is 4.91. The zero-order chi connectivity index (χ0) is 21.0. The maximum Gasteiger partial charge on any atom is 0.238 e. The molecule has 0 aliphatic heterocycles. The van der Waals surface area contributed by atoms with E-state index in [9.17, 15) is 9.59 Å². The molecule has 0 bridgehead atoms. The third-order valence-electron chi connectivity index (χ3n) is 3.87. The van der Waals surface area contributed by atoms with Crippen LogP contribution in [0.5, 0.6) is 0 Å². The van der Waals surface area contributed by atoms with Crippen LogP contribution in [-0.2, 0) is 9.59 Å². The Morgan fingerprint density at radius 3 is 2.62 bits per heavy atom. The van der Waals surface area contributed by atoms with Gasteiger partial charge in [0.15, 0.2) is 10.9 Å². The van der Waals surface area contributed by atoms with E-state index in [1.807, 2.05) is 19.1 Å². The summed E-state index contributed by atoms with van der Waals surface area (Å²) in [6.45, 7) is 5.42. The largest absolute Gasteiger partial charge is 0.360 e. The van der Waals surface area contributed by atoms with Crippen molar-refractivity contribution in [3.05, 3.63) is 46.0 Å². The van der Waals surface area contributed by atoms with E-state index in [2.05, 4.69) is 20.8 Å². The molecule has 152 valence electrons. The lowest BCUT2D eigenvalue weighted by Crippen LogP contribution is -2.25. The summed E-state index contributed by atoms with van der Waals surface area (Å²) in [7, 11) is 0. The summed E-state index contributed by atoms with van der Waals surface area (Å²) in [4.78, 5) is 29.9. The van der Waals surface area contributed by atoms with Crippen molar-refractivity contribution in [2.45, 2.75) is 26.0 Å². The molecule has 0 fully saturated rings. The molecule has 0 saturated carbocycles. The first kappa shape index (κ1) is 21.4. The number of nitrogens with one attached hydrogen (secondary N) is 2. The van der Waals surface area contributed by atoms with Crippen LogP contribution in [0.1, 0.15) is 17.6 Å². The van der Waals surface area contributed by atoms with Crippen LogP contribution in [-0.4, -0.2) is 33.0 Å². The molecule has 3 aromatic rings. The monoisotopic (exact) mass is 450 g/mol. The molecule has 3 rings (SSSR count). The fraction of sp³-hybridized carbons (Fsp3) is 0.263. The number of thioether (sulfide) groups is 1. The lowest BCUT2D eigenvalue weighted by Gasteiger charge is -2.09. The van der Waals surface area contributed by atoms with Crippen LogP contribution in [0.3, 0.4) is 0 Å². The quantitative estimate of drug-likeness (QED) is 0.538. The molecule has 2 amide bonds. The maximum atomic E-state index is 12.3. The molecule has 2 heterocycles. The van der Waals surface area contributed by atoms with Gasteiger partial charge in [0.05, 0.1) is 16.7 Å². The minimum Gasteiger partial charge on any atom is -0.360 e. The lowest BCUT2D eigenvalue weighted by molar-refractivity contribution is -0.115. The zero-order valence-electron chi connectivity index (χ0n) is 16.0. The summed E-state index contributed by atoms with van der Waals surface area (Å²) in [5, 5.41) is 9.91. The van der Waals surface area contributed by atoms with Gasteiger partial charge in [0.2, 0.25) is 11.8 Å². The highest BCUT2D eigenvalue weighted by Crippen LogP contribution is 2.31. The normalized spacial score (nSPS) is 11.9. The Balaban J connectivity index is 1.52. The topological polar surface area (TPSA) is 97.1 Å². The van der Waals surface area contributed by atoms with Crippen molar-refractivity contribution in [3.8, 4) is 11.3 Å². The molecule has 0 saturated heterocycles. The summed E-state index contributed by atoms with van der Waals surface area (Å²) >= 11 is 8.56. The van der Waals surface area contributed by atoms with Gasteiger partial charge in [-0.25, -0.2) is 4.98 Å². The van der Waals surface area contributed by atoms with Crippen molar-refractivity contribution in [1.82, 2.24) is 10.1 Å². The second kappa shape index (κ2) is 9.43. The third-order valence-corrected chi connectivity index (χ3v) is 6.15. The predicted octanol–water partition coefficient (Wildman–Crippen LogP) is 4.77. The Labute approximate surface area is 181 Å². The minimum absolute atomic E-state index is 0.126. The van der Waals surface area contributed by atoms with Crippen molar-refractivity contribution in [2.24, 2.45) is 0 Å². The number of rotatable bonds is 7. The number of aryl methyl sites for hydroxylation is 2. The number of thiazole rings is 1. The number of carbonyl (C=O) groups is 2. The average molecular weight is 451 g/mol. The van der Waals surface area contributed by atoms with Crippen LogP contribution in [0, 0.1) is 13.8 Å². The molecule has 0 spiro atoms. The number of hydrogen-bond donors (Lipinski definition) is 2. The molecule has 1 unspecified atom stereocenters. The first-order valence-corrected chi connectivity index (χ1v) is 10.9. The van der Waals surface area contributed by atoms with E-state index in [4.69, 9.17) is 16.1 Å². The number of aromatic nitrogens is 2. The van der Waals surface area contributed by atoms with Gasteiger partial charge in [0, 0.05) is 21.5 Å². The van der Waals surface area contributed by atoms with Gasteiger partial charge in [-0.3, -0.25) is 9.59 Å². The molecule has 0 aliphatic rings. The Morgan fingerprint density at radius 2 is 1.97 bits per heavy atom. The van der Waals surface area contributed by atoms with Gasteiger partial charge in [-0.1, -0.05) is 28.9 Å². The molecule has 0 aliphatic carbocycles. The van der Waals surface area contributed by atoms with Gasteiger partial charge in [-0.15, -0.1) is 23.1 Å². The Morgan fingerprint density at radius 1 is 1.24 bits per heavy atom. The van der Waals surface area contributed by atoms with Crippen LogP contribution in [0.25, 0.3) is 11.3 Å². The fourth-order valence-electron chi connectivity index (χ4n) is 2.41. The highest BCUT2D eigenvalue weighted by molar-refractivity contribution is 8.01. The van der Waals surface area contributed by atoms with Gasteiger partial charge >= 0.3 is 0 Å². The summed E-state index contributed by atoms with van der Waals surface area (Å²) in [6, 6.07) is 9.02. The first-order valence-electron chi connectivity index (χ1n) is 8.71. The van der Waals surface area contributed by atoms with Gasteiger partial charge in [-0.2, -0.15) is 0 Å². The fourth-order valence-corrected chi connectivity index (χ4v) is 4.07. The van der Waals surface area contributed by atoms with Crippen LogP contribution >= 0.6 is 34.7 Å². The number of hydrogen-bond acceptors (Lipinski definition) is 7. The predicted molar refractivity (Wildman–Crippen MR) is 118 cm³/mol. The highest BCUT2D eigenvalue weighted by atomic mass is 35.5. The Hall–Kier alpha value is -2.36. The molecule has 29 heavy (non-hydrogen) atoms. The van der Waals surface area contributed by atoms with Gasteiger partial charge < -0.3 is 15.2 Å². The van der Waals surface area contributed by atoms with Crippen molar-refractivity contribution >= 4 is 57.5 Å². The lowest BCUT2D eigenvalue weighted by atomic mass is 10.1. The van der Waals surface area contributed by atoms with Crippen molar-refractivity contribution < 1.29 is 14.1 Å². The summed E-state index contributed by atoms with van der Waals surface area (Å²) in [6.07, 6.45) is 0. The van der Waals surface area contributed by atoms with Crippen LogP contribution < -0.4 is 10.6 Å². The SMILES string of the molecule is Cc1cc(NC(=O)C(C)SCC(=O)Nc2nc(-c3ccc(Cl)cc3)c(C)s2)no1. The van der Waals surface area contributed by atoms with Crippen LogP contribution in [0.4, 0.5) is 10.9 Å². The van der Waals surface area contributed by atoms with E-state index in [1.54, 1.807) is 32.0 Å². The van der Waals surface area contributed by atoms with E-state index >= 15 is 0 Å². The van der Waals surface area contributed by atoms with Gasteiger partial charge in [-0.05, 0) is 32.9 Å². The molecule has 0 radical (unpaired) electrons. The standard InChI is InChI=1S/C19H19ClN4O3S2/c1-10-8-15(24-27-10)21-18(26)12(3)28-9-16(25)22-19-23-17(11(2)29-19)13-4-6-14(20)7-5-13/h4-8,12H,9H2,1-3H3,(H,21,24,26)(H,22,23,25). The molecule has 2 aromatic heterocycles. The van der Waals surface area contributed by atoms with E-state index in [0.717, 1.165) is 16.1 Å². The highest BCUT2D eigenvalue weighted by Gasteiger charge is 2.18. The Bertz CT molecular complexity index is 1020. The van der Waals surface area contributed by atoms with Crippen molar-refractivity contribution in [2.75, 3.05) is 16.4 Å². The van der Waals surface area contributed by atoms with Gasteiger partial charge in [0.1, 0.15) is 5.76 Å². The Kier molecular flexibility index (Phi) is 6.94. The van der Waals surface area contributed by atoms with Crippen molar-refractivity contribution in [1.29, 1.82) is 0 Å². The van der Waals surface area contributed by atoms with E-state index in [0.29, 0.717) is 21.7 Å². The minimum atomic E-state index is -0.430. The molecular weight excluding hydrogens is 432 g/mol. The number of anilines is 2. The number of nitrogens with zero attached hydrogens (tertiary/aromatic N) is 2. The maximum absolute atomic E-state index is 12.3. The number of amides is 2. The molecule has 7 nitrogen and oxygen atoms in total. The molecule has 10 heteroatoms. The van der Waals surface area contributed by atoms with Crippen LogP contribution in [0.15, 0.2) is 34.9 Å². The summed E-state index contributed by atoms with van der Waals surface area (Å²) in [5.41, 5.74) is 1.75. The van der Waals surface area contributed by atoms with E-state index in [-0.39, 0.29) is 17.6 Å². The number of carbonyl (C=O) groups excluding carboxylic acids is 2. The molecular formula is C19H19ClN4O3S2. The smallest absolute Gasteiger partial charge is 0.238 e. The average Bonchev–Trinajstić information content (AvgIpc) is 3.25. The molecule has 1 aromatic carbocycles. The van der Waals surface area contributed by atoms with Crippen LogP contribution in [0.2, 0.25) is 5.02 Å². The second-order valence-corrected chi connectivity index (χ2v) is 9.21. The number of halogens is 1. The van der Waals surface area contributed by atoms with E-state index < -0.39 is 5.25 Å². The van der Waals surface area contributed by atoms with Crippen molar-refractivity contribution in [3.63, 3.8) is 0 Å². The molecule has 1 atom stereocenters. The zero-order valence-corrected chi connectivity index (χ0v) is 18.4. The summed E-state index contributed by atoms with van der Waals surface area (Å²) in [5.74, 6) is 0.630. The van der Waals surface area contributed by atoms with E-state index in [1.165, 1.54) is 23.1 Å². The third kappa shape index (κ3) is 5.81. The number of benzene rings is 1.